The standard InChI is InChI=1S/C19H26N2O2/c1-14-18(15(2)23-20-14)10-12-21-11-5-4-9-19(21)16-7-6-8-17(13-16)22-3/h6-8,13,19H,4-5,9-12H2,1-3H3. The van der Waals surface area contributed by atoms with Crippen LogP contribution in [0.15, 0.2) is 28.8 Å². The molecule has 1 aromatic carbocycles. The van der Waals surface area contributed by atoms with Crippen LogP contribution in [-0.2, 0) is 6.42 Å². The second-order valence-electron chi connectivity index (χ2n) is 6.38. The Balaban J connectivity index is 1.73. The van der Waals surface area contributed by atoms with E-state index in [1.54, 1.807) is 7.11 Å². The fraction of sp³-hybridized carbons (Fsp3) is 0.526. The van der Waals surface area contributed by atoms with E-state index in [9.17, 15) is 0 Å². The molecule has 1 aromatic heterocycles. The summed E-state index contributed by atoms with van der Waals surface area (Å²) in [7, 11) is 1.73. The maximum Gasteiger partial charge on any atom is 0.137 e. The summed E-state index contributed by atoms with van der Waals surface area (Å²) in [5.41, 5.74) is 3.65. The number of hydrogen-bond acceptors (Lipinski definition) is 4. The summed E-state index contributed by atoms with van der Waals surface area (Å²) in [6, 6.07) is 9.00. The minimum atomic E-state index is 0.485. The minimum absolute atomic E-state index is 0.485. The minimum Gasteiger partial charge on any atom is -0.497 e. The van der Waals surface area contributed by atoms with Crippen molar-refractivity contribution in [3.8, 4) is 5.75 Å². The number of rotatable bonds is 5. The highest BCUT2D eigenvalue weighted by atomic mass is 16.5. The molecule has 1 unspecified atom stereocenters. The lowest BCUT2D eigenvalue weighted by atomic mass is 9.94. The third kappa shape index (κ3) is 3.58. The van der Waals surface area contributed by atoms with Crippen LogP contribution < -0.4 is 4.74 Å². The number of aromatic nitrogens is 1. The van der Waals surface area contributed by atoms with Gasteiger partial charge < -0.3 is 9.26 Å². The first-order valence-electron chi connectivity index (χ1n) is 8.49. The van der Waals surface area contributed by atoms with Crippen LogP contribution in [0, 0.1) is 13.8 Å². The van der Waals surface area contributed by atoms with Crippen LogP contribution in [0.1, 0.15) is 47.9 Å². The van der Waals surface area contributed by atoms with Crippen molar-refractivity contribution in [3.05, 3.63) is 46.8 Å². The highest BCUT2D eigenvalue weighted by molar-refractivity contribution is 5.31. The van der Waals surface area contributed by atoms with Crippen LogP contribution in [0.4, 0.5) is 0 Å². The van der Waals surface area contributed by atoms with Gasteiger partial charge in [0.05, 0.1) is 12.8 Å². The van der Waals surface area contributed by atoms with Crippen molar-refractivity contribution in [2.24, 2.45) is 0 Å². The molecular formula is C19H26N2O2. The Bertz CT molecular complexity index is 631. The van der Waals surface area contributed by atoms with Gasteiger partial charge >= 0.3 is 0 Å². The molecule has 1 atom stereocenters. The van der Waals surface area contributed by atoms with Crippen molar-refractivity contribution in [2.45, 2.75) is 45.6 Å². The number of likely N-dealkylation sites (tertiary alicyclic amines) is 1. The highest BCUT2D eigenvalue weighted by Crippen LogP contribution is 2.32. The molecule has 0 aliphatic carbocycles. The van der Waals surface area contributed by atoms with E-state index in [0.717, 1.165) is 36.7 Å². The fourth-order valence-corrected chi connectivity index (χ4v) is 3.60. The number of aryl methyl sites for hydroxylation is 2. The smallest absolute Gasteiger partial charge is 0.137 e. The molecule has 124 valence electrons. The van der Waals surface area contributed by atoms with E-state index in [-0.39, 0.29) is 0 Å². The van der Waals surface area contributed by atoms with Crippen molar-refractivity contribution in [1.29, 1.82) is 0 Å². The zero-order valence-corrected chi connectivity index (χ0v) is 14.3. The molecule has 4 heteroatoms. The third-order valence-corrected chi connectivity index (χ3v) is 4.92. The predicted molar refractivity (Wildman–Crippen MR) is 90.8 cm³/mol. The van der Waals surface area contributed by atoms with Gasteiger partial charge in [0.15, 0.2) is 0 Å². The molecule has 1 aliphatic heterocycles. The van der Waals surface area contributed by atoms with E-state index in [0.29, 0.717) is 6.04 Å². The van der Waals surface area contributed by atoms with Gasteiger partial charge in [0.25, 0.3) is 0 Å². The van der Waals surface area contributed by atoms with Crippen LogP contribution >= 0.6 is 0 Å². The average Bonchev–Trinajstić information content (AvgIpc) is 2.91. The summed E-state index contributed by atoms with van der Waals surface area (Å²) in [4.78, 5) is 2.60. The Hall–Kier alpha value is -1.81. The SMILES string of the molecule is COc1cccc(C2CCCCN2CCc2c(C)noc2C)c1. The molecule has 0 spiro atoms. The van der Waals surface area contributed by atoms with Crippen LogP contribution in [0.5, 0.6) is 5.75 Å². The van der Waals surface area contributed by atoms with Gasteiger partial charge in [-0.3, -0.25) is 4.90 Å². The van der Waals surface area contributed by atoms with Gasteiger partial charge in [0.2, 0.25) is 0 Å². The summed E-state index contributed by atoms with van der Waals surface area (Å²) in [6.07, 6.45) is 4.79. The highest BCUT2D eigenvalue weighted by Gasteiger charge is 2.24. The van der Waals surface area contributed by atoms with E-state index < -0.39 is 0 Å². The van der Waals surface area contributed by atoms with E-state index >= 15 is 0 Å². The number of ether oxygens (including phenoxy) is 1. The normalized spacial score (nSPS) is 19.0. The summed E-state index contributed by atoms with van der Waals surface area (Å²) in [6.45, 7) is 6.24. The number of hydrogen-bond donors (Lipinski definition) is 0. The van der Waals surface area contributed by atoms with Crippen molar-refractivity contribution in [3.63, 3.8) is 0 Å². The van der Waals surface area contributed by atoms with Gasteiger partial charge in [-0.05, 0) is 57.4 Å². The molecule has 0 N–H and O–H groups in total. The Kier molecular flexibility index (Phi) is 5.01. The van der Waals surface area contributed by atoms with E-state index in [1.807, 2.05) is 19.9 Å². The maximum absolute atomic E-state index is 5.39. The Morgan fingerprint density at radius 2 is 2.17 bits per heavy atom. The number of piperidine rings is 1. The second-order valence-corrected chi connectivity index (χ2v) is 6.38. The first kappa shape index (κ1) is 16.1. The lowest BCUT2D eigenvalue weighted by molar-refractivity contribution is 0.150. The Morgan fingerprint density at radius 1 is 1.30 bits per heavy atom. The lowest BCUT2D eigenvalue weighted by Gasteiger charge is -2.36. The van der Waals surface area contributed by atoms with Gasteiger partial charge in [0.1, 0.15) is 11.5 Å². The van der Waals surface area contributed by atoms with Crippen LogP contribution in [0.2, 0.25) is 0 Å². The molecule has 0 saturated carbocycles. The van der Waals surface area contributed by atoms with Crippen molar-refractivity contribution >= 4 is 0 Å². The second kappa shape index (κ2) is 7.18. The summed E-state index contributed by atoms with van der Waals surface area (Å²) >= 11 is 0. The monoisotopic (exact) mass is 314 g/mol. The molecule has 2 heterocycles. The van der Waals surface area contributed by atoms with E-state index in [2.05, 4.69) is 28.3 Å². The van der Waals surface area contributed by atoms with Gasteiger partial charge in [-0.15, -0.1) is 0 Å². The van der Waals surface area contributed by atoms with Gasteiger partial charge in [-0.1, -0.05) is 23.7 Å². The molecular weight excluding hydrogens is 288 g/mol. The molecule has 1 aliphatic rings. The van der Waals surface area contributed by atoms with Crippen molar-refractivity contribution in [2.75, 3.05) is 20.2 Å². The quantitative estimate of drug-likeness (QED) is 0.834. The molecule has 0 radical (unpaired) electrons. The average molecular weight is 314 g/mol. The van der Waals surface area contributed by atoms with E-state index in [1.165, 1.54) is 30.4 Å². The number of benzene rings is 1. The summed E-state index contributed by atoms with van der Waals surface area (Å²) in [5, 5.41) is 4.07. The lowest BCUT2D eigenvalue weighted by Crippen LogP contribution is -2.35. The fourth-order valence-electron chi connectivity index (χ4n) is 3.60. The zero-order valence-electron chi connectivity index (χ0n) is 14.3. The number of methoxy groups -OCH3 is 1. The Labute approximate surface area is 138 Å². The molecule has 1 saturated heterocycles. The summed E-state index contributed by atoms with van der Waals surface area (Å²) in [5.74, 6) is 1.90. The molecule has 3 rings (SSSR count). The topological polar surface area (TPSA) is 38.5 Å². The van der Waals surface area contributed by atoms with Gasteiger partial charge in [0, 0.05) is 18.2 Å². The van der Waals surface area contributed by atoms with Crippen molar-refractivity contribution in [1.82, 2.24) is 10.1 Å². The molecule has 2 aromatic rings. The van der Waals surface area contributed by atoms with Gasteiger partial charge in [-0.2, -0.15) is 0 Å². The Morgan fingerprint density at radius 3 is 2.91 bits per heavy atom. The molecule has 0 amide bonds. The largest absolute Gasteiger partial charge is 0.497 e. The zero-order chi connectivity index (χ0) is 16.2. The van der Waals surface area contributed by atoms with Crippen LogP contribution in [0.3, 0.4) is 0 Å². The molecule has 23 heavy (non-hydrogen) atoms. The van der Waals surface area contributed by atoms with Crippen molar-refractivity contribution < 1.29 is 9.26 Å². The third-order valence-electron chi connectivity index (χ3n) is 4.92. The van der Waals surface area contributed by atoms with Crippen LogP contribution in [-0.4, -0.2) is 30.3 Å². The maximum atomic E-state index is 5.39. The van der Waals surface area contributed by atoms with Gasteiger partial charge in [-0.25, -0.2) is 0 Å². The molecule has 4 nitrogen and oxygen atoms in total. The van der Waals surface area contributed by atoms with E-state index in [4.69, 9.17) is 9.26 Å². The predicted octanol–water partition coefficient (Wildman–Crippen LogP) is 4.07. The first-order valence-corrected chi connectivity index (χ1v) is 8.49. The summed E-state index contributed by atoms with van der Waals surface area (Å²) < 4.78 is 10.7. The number of nitrogens with zero attached hydrogens (tertiary/aromatic N) is 2. The first-order chi connectivity index (χ1) is 11.2. The molecule has 0 bridgehead atoms. The van der Waals surface area contributed by atoms with Crippen LogP contribution in [0.25, 0.3) is 0 Å². The molecule has 1 fully saturated rings.